The van der Waals surface area contributed by atoms with Crippen LogP contribution in [0.4, 0.5) is 5.82 Å². The van der Waals surface area contributed by atoms with Crippen LogP contribution in [0, 0.1) is 0 Å². The maximum atomic E-state index is 13.4. The van der Waals surface area contributed by atoms with Crippen molar-refractivity contribution < 1.29 is 14.1 Å². The summed E-state index contributed by atoms with van der Waals surface area (Å²) in [6, 6.07) is 1.62. The third-order valence-electron chi connectivity index (χ3n) is 6.71. The second kappa shape index (κ2) is 8.18. The molecule has 32 heavy (non-hydrogen) atoms. The summed E-state index contributed by atoms with van der Waals surface area (Å²) < 4.78 is 5.43. The van der Waals surface area contributed by atoms with Crippen LogP contribution in [0.2, 0.25) is 0 Å². The van der Waals surface area contributed by atoms with Gasteiger partial charge in [-0.1, -0.05) is 5.16 Å². The van der Waals surface area contributed by atoms with E-state index in [2.05, 4.69) is 5.16 Å². The standard InChI is InChI=1S/C23H30N6O3/c1-14(30)28-11-9-17-16(13-28)22(27(2)3)25-21(24-17)19-6-4-5-10-29(19)23(31)18-12-20(32-26-18)15-7-8-15/h12,15,19H,4-11,13H2,1-3H3/t19-/m0/s1. The third kappa shape index (κ3) is 3.84. The molecule has 2 aromatic heterocycles. The minimum absolute atomic E-state index is 0.0617. The van der Waals surface area contributed by atoms with Gasteiger partial charge >= 0.3 is 0 Å². The molecule has 2 fully saturated rings. The Labute approximate surface area is 187 Å². The average molecular weight is 439 g/mol. The van der Waals surface area contributed by atoms with Gasteiger partial charge in [0.1, 0.15) is 11.6 Å². The number of hydrogen-bond donors (Lipinski definition) is 0. The number of fused-ring (bicyclic) bond motifs is 1. The van der Waals surface area contributed by atoms with Crippen molar-refractivity contribution in [2.75, 3.05) is 32.1 Å². The first kappa shape index (κ1) is 20.9. The van der Waals surface area contributed by atoms with Gasteiger partial charge in [-0.3, -0.25) is 9.59 Å². The van der Waals surface area contributed by atoms with Crippen LogP contribution in [0.3, 0.4) is 0 Å². The van der Waals surface area contributed by atoms with E-state index in [-0.39, 0.29) is 17.9 Å². The van der Waals surface area contributed by atoms with Crippen LogP contribution in [0.25, 0.3) is 0 Å². The maximum Gasteiger partial charge on any atom is 0.276 e. The number of carbonyl (C=O) groups excluding carboxylic acids is 2. The van der Waals surface area contributed by atoms with Crippen LogP contribution < -0.4 is 4.90 Å². The molecule has 2 aliphatic heterocycles. The van der Waals surface area contributed by atoms with Crippen LogP contribution in [-0.4, -0.2) is 63.9 Å². The molecule has 1 atom stereocenters. The smallest absolute Gasteiger partial charge is 0.276 e. The molecule has 0 N–H and O–H groups in total. The van der Waals surface area contributed by atoms with Gasteiger partial charge in [-0.05, 0) is 32.1 Å². The van der Waals surface area contributed by atoms with E-state index in [0.717, 1.165) is 54.9 Å². The third-order valence-corrected chi connectivity index (χ3v) is 6.71. The molecule has 170 valence electrons. The molecule has 0 aromatic carbocycles. The minimum atomic E-state index is -0.188. The van der Waals surface area contributed by atoms with Gasteiger partial charge in [0.25, 0.3) is 5.91 Å². The van der Waals surface area contributed by atoms with Gasteiger partial charge < -0.3 is 19.2 Å². The molecule has 4 heterocycles. The molecule has 0 bridgehead atoms. The maximum absolute atomic E-state index is 13.4. The Hall–Kier alpha value is -2.97. The van der Waals surface area contributed by atoms with Crippen molar-refractivity contribution in [1.82, 2.24) is 24.9 Å². The van der Waals surface area contributed by atoms with Crippen molar-refractivity contribution in [3.63, 3.8) is 0 Å². The van der Waals surface area contributed by atoms with Crippen molar-refractivity contribution in [2.24, 2.45) is 0 Å². The van der Waals surface area contributed by atoms with Crippen molar-refractivity contribution >= 4 is 17.6 Å². The molecule has 0 unspecified atom stereocenters. The topological polar surface area (TPSA) is 95.7 Å². The minimum Gasteiger partial charge on any atom is -0.362 e. The monoisotopic (exact) mass is 438 g/mol. The summed E-state index contributed by atoms with van der Waals surface area (Å²) in [4.78, 5) is 40.8. The summed E-state index contributed by atoms with van der Waals surface area (Å²) in [5.74, 6) is 2.70. The summed E-state index contributed by atoms with van der Waals surface area (Å²) in [7, 11) is 3.91. The predicted octanol–water partition coefficient (Wildman–Crippen LogP) is 2.68. The lowest BCUT2D eigenvalue weighted by Gasteiger charge is -2.36. The number of amides is 2. The number of anilines is 1. The lowest BCUT2D eigenvalue weighted by molar-refractivity contribution is -0.129. The van der Waals surface area contributed by atoms with Crippen LogP contribution in [-0.2, 0) is 17.8 Å². The summed E-state index contributed by atoms with van der Waals surface area (Å²) in [6.45, 7) is 3.43. The molecule has 0 radical (unpaired) electrons. The van der Waals surface area contributed by atoms with Crippen molar-refractivity contribution in [3.05, 3.63) is 34.6 Å². The first-order chi connectivity index (χ1) is 15.4. The number of hydrogen-bond acceptors (Lipinski definition) is 7. The van der Waals surface area contributed by atoms with Crippen molar-refractivity contribution in [3.8, 4) is 0 Å². The van der Waals surface area contributed by atoms with E-state index in [1.165, 1.54) is 0 Å². The molecule has 0 spiro atoms. The Bertz CT molecular complexity index is 1040. The van der Waals surface area contributed by atoms with Crippen LogP contribution >= 0.6 is 0 Å². The highest BCUT2D eigenvalue weighted by Gasteiger charge is 2.35. The molecular weight excluding hydrogens is 408 g/mol. The van der Waals surface area contributed by atoms with Gasteiger partial charge in [-0.25, -0.2) is 9.97 Å². The van der Waals surface area contributed by atoms with Crippen LogP contribution in [0.15, 0.2) is 10.6 Å². The Balaban J connectivity index is 1.47. The number of aromatic nitrogens is 3. The van der Waals surface area contributed by atoms with E-state index < -0.39 is 0 Å². The Morgan fingerprint density at radius 3 is 2.66 bits per heavy atom. The molecular formula is C23H30N6O3. The lowest BCUT2D eigenvalue weighted by atomic mass is 9.99. The normalized spacial score (nSPS) is 20.8. The number of likely N-dealkylation sites (tertiary alicyclic amines) is 1. The summed E-state index contributed by atoms with van der Waals surface area (Å²) in [6.07, 6.45) is 5.70. The molecule has 5 rings (SSSR count). The fraction of sp³-hybridized carbons (Fsp3) is 0.609. The summed E-state index contributed by atoms with van der Waals surface area (Å²) in [5.41, 5.74) is 2.35. The van der Waals surface area contributed by atoms with Crippen molar-refractivity contribution in [1.29, 1.82) is 0 Å². The first-order valence-corrected chi connectivity index (χ1v) is 11.5. The zero-order chi connectivity index (χ0) is 22.4. The van der Waals surface area contributed by atoms with Crippen molar-refractivity contribution in [2.45, 2.75) is 64.0 Å². The summed E-state index contributed by atoms with van der Waals surface area (Å²) >= 11 is 0. The van der Waals surface area contributed by atoms with Crippen LogP contribution in [0.1, 0.15) is 84.3 Å². The largest absolute Gasteiger partial charge is 0.362 e. The highest BCUT2D eigenvalue weighted by Crippen LogP contribution is 2.40. The van der Waals surface area contributed by atoms with Crippen LogP contribution in [0.5, 0.6) is 0 Å². The van der Waals surface area contributed by atoms with Gasteiger partial charge in [0.15, 0.2) is 11.5 Å². The second-order valence-electron chi connectivity index (χ2n) is 9.31. The van der Waals surface area contributed by atoms with E-state index in [1.807, 2.05) is 28.8 Å². The average Bonchev–Trinajstić information content (AvgIpc) is 3.53. The van der Waals surface area contributed by atoms with Gasteiger partial charge in [0.05, 0.1) is 18.3 Å². The zero-order valence-electron chi connectivity index (χ0n) is 19.0. The molecule has 3 aliphatic rings. The molecule has 1 aliphatic carbocycles. The van der Waals surface area contributed by atoms with E-state index in [1.54, 1.807) is 13.0 Å². The fourth-order valence-electron chi connectivity index (χ4n) is 4.74. The first-order valence-electron chi connectivity index (χ1n) is 11.5. The predicted molar refractivity (Wildman–Crippen MR) is 117 cm³/mol. The molecule has 2 aromatic rings. The Morgan fingerprint density at radius 2 is 1.94 bits per heavy atom. The summed E-state index contributed by atoms with van der Waals surface area (Å²) in [5, 5.41) is 4.07. The SMILES string of the molecule is CC(=O)N1CCc2nc([C@@H]3CCCCN3C(=O)c3cc(C4CC4)on3)nc(N(C)C)c2C1. The number of nitrogens with zero attached hydrogens (tertiary/aromatic N) is 6. The number of rotatable bonds is 4. The van der Waals surface area contributed by atoms with Gasteiger partial charge in [-0.15, -0.1) is 0 Å². The second-order valence-corrected chi connectivity index (χ2v) is 9.31. The lowest BCUT2D eigenvalue weighted by Crippen LogP contribution is -2.40. The van der Waals surface area contributed by atoms with Gasteiger partial charge in [-0.2, -0.15) is 0 Å². The van der Waals surface area contributed by atoms with E-state index in [0.29, 0.717) is 43.5 Å². The molecule has 2 amide bonds. The number of piperidine rings is 1. The van der Waals surface area contributed by atoms with E-state index in [9.17, 15) is 9.59 Å². The van der Waals surface area contributed by atoms with E-state index >= 15 is 0 Å². The number of carbonyl (C=O) groups is 2. The Kier molecular flexibility index (Phi) is 5.35. The zero-order valence-corrected chi connectivity index (χ0v) is 19.0. The molecule has 9 heteroatoms. The van der Waals surface area contributed by atoms with Gasteiger partial charge in [0.2, 0.25) is 5.91 Å². The molecule has 1 saturated carbocycles. The fourth-order valence-corrected chi connectivity index (χ4v) is 4.74. The Morgan fingerprint density at radius 1 is 1.12 bits per heavy atom. The highest BCUT2D eigenvalue weighted by atomic mass is 16.5. The molecule has 9 nitrogen and oxygen atoms in total. The quantitative estimate of drug-likeness (QED) is 0.724. The van der Waals surface area contributed by atoms with E-state index in [4.69, 9.17) is 14.5 Å². The van der Waals surface area contributed by atoms with Gasteiger partial charge in [0, 0.05) is 58.1 Å². The highest BCUT2D eigenvalue weighted by molar-refractivity contribution is 5.92. The molecule has 1 saturated heterocycles.